The summed E-state index contributed by atoms with van der Waals surface area (Å²) in [5.41, 5.74) is 5.42. The van der Waals surface area contributed by atoms with Crippen LogP contribution in [0.4, 0.5) is 11.4 Å². The molecular formula is C21H24N4O. The predicted molar refractivity (Wildman–Crippen MR) is 105 cm³/mol. The van der Waals surface area contributed by atoms with Crippen molar-refractivity contribution in [3.8, 4) is 0 Å². The number of rotatable bonds is 4. The summed E-state index contributed by atoms with van der Waals surface area (Å²) in [7, 11) is 0. The SMILES string of the molecule is CCc1nc2cc(C)ccn2c1C(=O)Nc1ccc(N2CCCC2)cc1. The van der Waals surface area contributed by atoms with Crippen LogP contribution in [0.2, 0.25) is 0 Å². The zero-order chi connectivity index (χ0) is 18.1. The molecule has 1 fully saturated rings. The number of hydrogen-bond acceptors (Lipinski definition) is 3. The maximum atomic E-state index is 12.9. The Labute approximate surface area is 153 Å². The van der Waals surface area contributed by atoms with Gasteiger partial charge in [-0.1, -0.05) is 6.92 Å². The van der Waals surface area contributed by atoms with Gasteiger partial charge in [0.1, 0.15) is 11.3 Å². The van der Waals surface area contributed by atoms with Gasteiger partial charge in [-0.05, 0) is 68.1 Å². The molecule has 26 heavy (non-hydrogen) atoms. The first kappa shape index (κ1) is 16.6. The quantitative estimate of drug-likeness (QED) is 0.773. The number of benzene rings is 1. The summed E-state index contributed by atoms with van der Waals surface area (Å²) in [6.45, 7) is 6.29. The van der Waals surface area contributed by atoms with Gasteiger partial charge < -0.3 is 10.2 Å². The lowest BCUT2D eigenvalue weighted by atomic mass is 10.2. The van der Waals surface area contributed by atoms with Crippen LogP contribution in [0, 0.1) is 6.92 Å². The first-order valence-electron chi connectivity index (χ1n) is 9.29. The molecule has 1 amide bonds. The Balaban J connectivity index is 1.59. The molecule has 0 unspecified atom stereocenters. The van der Waals surface area contributed by atoms with Gasteiger partial charge in [-0.3, -0.25) is 9.20 Å². The second kappa shape index (κ2) is 6.83. The molecule has 0 radical (unpaired) electrons. The molecule has 1 N–H and O–H groups in total. The number of amides is 1. The zero-order valence-corrected chi connectivity index (χ0v) is 15.3. The first-order valence-corrected chi connectivity index (χ1v) is 9.29. The van der Waals surface area contributed by atoms with E-state index in [1.165, 1.54) is 18.5 Å². The third kappa shape index (κ3) is 3.05. The lowest BCUT2D eigenvalue weighted by Crippen LogP contribution is -2.18. The number of imidazole rings is 1. The van der Waals surface area contributed by atoms with Crippen LogP contribution in [0.1, 0.15) is 41.5 Å². The lowest BCUT2D eigenvalue weighted by molar-refractivity contribution is 0.102. The largest absolute Gasteiger partial charge is 0.372 e. The lowest BCUT2D eigenvalue weighted by Gasteiger charge is -2.17. The van der Waals surface area contributed by atoms with Crippen molar-refractivity contribution in [3.05, 3.63) is 59.5 Å². The van der Waals surface area contributed by atoms with Crippen molar-refractivity contribution >= 4 is 22.9 Å². The third-order valence-corrected chi connectivity index (χ3v) is 5.00. The number of nitrogens with zero attached hydrogens (tertiary/aromatic N) is 3. The molecule has 0 bridgehead atoms. The number of aromatic nitrogens is 2. The second-order valence-electron chi connectivity index (χ2n) is 6.89. The van der Waals surface area contributed by atoms with Crippen molar-refractivity contribution in [2.45, 2.75) is 33.1 Å². The molecule has 0 saturated carbocycles. The van der Waals surface area contributed by atoms with E-state index in [-0.39, 0.29) is 5.91 Å². The number of aryl methyl sites for hydroxylation is 2. The normalized spacial score (nSPS) is 14.2. The molecule has 2 aromatic heterocycles. The van der Waals surface area contributed by atoms with E-state index in [0.717, 1.165) is 42.1 Å². The minimum atomic E-state index is -0.118. The molecule has 1 aliphatic heterocycles. The van der Waals surface area contributed by atoms with Crippen LogP contribution in [0.25, 0.3) is 5.65 Å². The summed E-state index contributed by atoms with van der Waals surface area (Å²) < 4.78 is 1.87. The van der Waals surface area contributed by atoms with E-state index in [9.17, 15) is 4.79 Å². The van der Waals surface area contributed by atoms with E-state index in [2.05, 4.69) is 27.3 Å². The van der Waals surface area contributed by atoms with Crippen LogP contribution < -0.4 is 10.2 Å². The fraction of sp³-hybridized carbons (Fsp3) is 0.333. The van der Waals surface area contributed by atoms with Gasteiger partial charge in [0, 0.05) is 30.7 Å². The Bertz CT molecular complexity index is 937. The average molecular weight is 348 g/mol. The summed E-state index contributed by atoms with van der Waals surface area (Å²) in [6, 6.07) is 12.1. The van der Waals surface area contributed by atoms with Crippen molar-refractivity contribution in [1.82, 2.24) is 9.38 Å². The molecule has 1 saturated heterocycles. The highest BCUT2D eigenvalue weighted by Gasteiger charge is 2.19. The minimum absolute atomic E-state index is 0.118. The van der Waals surface area contributed by atoms with Gasteiger partial charge in [-0.2, -0.15) is 0 Å². The van der Waals surface area contributed by atoms with Crippen LogP contribution >= 0.6 is 0 Å². The van der Waals surface area contributed by atoms with Crippen molar-refractivity contribution in [2.24, 2.45) is 0 Å². The summed E-state index contributed by atoms with van der Waals surface area (Å²) in [5, 5.41) is 3.03. The van der Waals surface area contributed by atoms with Crippen LogP contribution in [0.15, 0.2) is 42.6 Å². The zero-order valence-electron chi connectivity index (χ0n) is 15.3. The molecule has 5 nitrogen and oxygen atoms in total. The van der Waals surface area contributed by atoms with Crippen molar-refractivity contribution in [1.29, 1.82) is 0 Å². The summed E-state index contributed by atoms with van der Waals surface area (Å²) in [6.07, 6.45) is 5.15. The van der Waals surface area contributed by atoms with Crippen molar-refractivity contribution < 1.29 is 4.79 Å². The maximum Gasteiger partial charge on any atom is 0.274 e. The highest BCUT2D eigenvalue weighted by atomic mass is 16.2. The van der Waals surface area contributed by atoms with Gasteiger partial charge >= 0.3 is 0 Å². The van der Waals surface area contributed by atoms with Gasteiger partial charge in [0.15, 0.2) is 0 Å². The van der Waals surface area contributed by atoms with E-state index in [1.807, 2.05) is 48.7 Å². The Morgan fingerprint density at radius 3 is 2.58 bits per heavy atom. The predicted octanol–water partition coefficient (Wildman–Crippen LogP) is 4.06. The molecule has 1 aromatic carbocycles. The molecule has 1 aliphatic rings. The molecule has 0 atom stereocenters. The average Bonchev–Trinajstić information content (AvgIpc) is 3.29. The number of nitrogens with one attached hydrogen (secondary N) is 1. The Hall–Kier alpha value is -2.82. The summed E-state index contributed by atoms with van der Waals surface area (Å²) in [4.78, 5) is 19.9. The Morgan fingerprint density at radius 2 is 1.88 bits per heavy atom. The fourth-order valence-electron chi connectivity index (χ4n) is 3.60. The van der Waals surface area contributed by atoms with Crippen molar-refractivity contribution in [3.63, 3.8) is 0 Å². The van der Waals surface area contributed by atoms with E-state index >= 15 is 0 Å². The van der Waals surface area contributed by atoms with E-state index in [1.54, 1.807) is 0 Å². The smallest absolute Gasteiger partial charge is 0.274 e. The topological polar surface area (TPSA) is 49.6 Å². The van der Waals surface area contributed by atoms with Gasteiger partial charge in [0.2, 0.25) is 0 Å². The molecule has 3 aromatic rings. The van der Waals surface area contributed by atoms with Gasteiger partial charge in [0.05, 0.1) is 5.69 Å². The van der Waals surface area contributed by atoms with Crippen LogP contribution in [0.3, 0.4) is 0 Å². The van der Waals surface area contributed by atoms with Crippen LogP contribution in [-0.4, -0.2) is 28.4 Å². The minimum Gasteiger partial charge on any atom is -0.372 e. The molecular weight excluding hydrogens is 324 g/mol. The van der Waals surface area contributed by atoms with Crippen molar-refractivity contribution in [2.75, 3.05) is 23.3 Å². The molecule has 0 spiro atoms. The standard InChI is InChI=1S/C21H24N4O/c1-3-18-20(25-13-10-15(2)14-19(25)23-18)21(26)22-16-6-8-17(9-7-16)24-11-4-5-12-24/h6-10,13-14H,3-5,11-12H2,1-2H3,(H,22,26). The second-order valence-corrected chi connectivity index (χ2v) is 6.89. The molecule has 0 aliphatic carbocycles. The summed E-state index contributed by atoms with van der Waals surface area (Å²) in [5.74, 6) is -0.118. The fourth-order valence-corrected chi connectivity index (χ4v) is 3.60. The monoisotopic (exact) mass is 348 g/mol. The van der Waals surface area contributed by atoms with E-state index in [0.29, 0.717) is 5.69 Å². The first-order chi connectivity index (χ1) is 12.7. The van der Waals surface area contributed by atoms with Gasteiger partial charge in [-0.15, -0.1) is 0 Å². The number of pyridine rings is 1. The molecule has 3 heterocycles. The van der Waals surface area contributed by atoms with Crippen LogP contribution in [-0.2, 0) is 6.42 Å². The highest BCUT2D eigenvalue weighted by Crippen LogP contribution is 2.23. The summed E-state index contributed by atoms with van der Waals surface area (Å²) >= 11 is 0. The Morgan fingerprint density at radius 1 is 1.15 bits per heavy atom. The molecule has 4 rings (SSSR count). The van der Waals surface area contributed by atoms with E-state index in [4.69, 9.17) is 0 Å². The Kier molecular flexibility index (Phi) is 4.37. The number of carbonyl (C=O) groups excluding carboxylic acids is 1. The number of hydrogen-bond donors (Lipinski definition) is 1. The third-order valence-electron chi connectivity index (χ3n) is 5.00. The number of anilines is 2. The maximum absolute atomic E-state index is 12.9. The number of fused-ring (bicyclic) bond motifs is 1. The van der Waals surface area contributed by atoms with Gasteiger partial charge in [0.25, 0.3) is 5.91 Å². The van der Waals surface area contributed by atoms with Crippen LogP contribution in [0.5, 0.6) is 0 Å². The molecule has 134 valence electrons. The van der Waals surface area contributed by atoms with E-state index < -0.39 is 0 Å². The number of carbonyl (C=O) groups is 1. The van der Waals surface area contributed by atoms with Gasteiger partial charge in [-0.25, -0.2) is 4.98 Å². The highest BCUT2D eigenvalue weighted by molar-refractivity contribution is 6.04. The molecule has 5 heteroatoms.